The van der Waals surface area contributed by atoms with E-state index >= 15 is 0 Å². The highest BCUT2D eigenvalue weighted by atomic mass is 16.4. The van der Waals surface area contributed by atoms with Crippen LogP contribution in [0.1, 0.15) is 37.7 Å². The molecule has 0 fully saturated rings. The first-order chi connectivity index (χ1) is 6.38. The van der Waals surface area contributed by atoms with Crippen molar-refractivity contribution in [3.05, 3.63) is 11.9 Å². The average Bonchev–Trinajstić information content (AvgIpc) is 2.47. The molecular formula is C9H15N3O2. The lowest BCUT2D eigenvalue weighted by Crippen LogP contribution is -2.12. The number of hydrogen-bond acceptors (Lipinski definition) is 3. The van der Waals surface area contributed by atoms with Crippen LogP contribution in [0, 0.1) is 5.41 Å². The minimum absolute atomic E-state index is 0.00101. The molecular weight excluding hydrogens is 182 g/mol. The fourth-order valence-corrected chi connectivity index (χ4v) is 0.938. The molecule has 14 heavy (non-hydrogen) atoms. The highest BCUT2D eigenvalue weighted by molar-refractivity contribution is 5.84. The van der Waals surface area contributed by atoms with Crippen molar-refractivity contribution in [3.63, 3.8) is 0 Å². The minimum atomic E-state index is -1.04. The third-order valence-corrected chi connectivity index (χ3v) is 1.82. The molecule has 0 bridgehead atoms. The zero-order chi connectivity index (χ0) is 10.8. The van der Waals surface area contributed by atoms with E-state index in [1.165, 1.54) is 11.0 Å². The molecule has 0 aliphatic carbocycles. The van der Waals surface area contributed by atoms with Gasteiger partial charge in [-0.05, 0) is 11.8 Å². The summed E-state index contributed by atoms with van der Waals surface area (Å²) in [5.74, 6) is -1.04. The van der Waals surface area contributed by atoms with Gasteiger partial charge in [0, 0.05) is 0 Å². The number of carboxylic acid groups (broad SMARTS) is 1. The molecule has 1 aromatic rings. The van der Waals surface area contributed by atoms with Gasteiger partial charge < -0.3 is 5.11 Å². The first-order valence-electron chi connectivity index (χ1n) is 4.52. The van der Waals surface area contributed by atoms with Gasteiger partial charge >= 0.3 is 5.97 Å². The van der Waals surface area contributed by atoms with Gasteiger partial charge in [-0.3, -0.25) is 0 Å². The average molecular weight is 197 g/mol. The van der Waals surface area contributed by atoms with Crippen LogP contribution in [0.4, 0.5) is 0 Å². The molecule has 0 aromatic carbocycles. The van der Waals surface area contributed by atoms with Crippen LogP contribution in [0.3, 0.4) is 0 Å². The standard InChI is InChI=1S/C9H15N3O2/c1-9(2,3)4-5-12-10-6-7(11-12)8(13)14/h6H,4-5H2,1-3H3,(H,13,14). The van der Waals surface area contributed by atoms with Gasteiger partial charge in [0.2, 0.25) is 0 Å². The van der Waals surface area contributed by atoms with E-state index in [1.807, 2.05) is 0 Å². The molecule has 0 saturated carbocycles. The Bertz CT molecular complexity index is 325. The summed E-state index contributed by atoms with van der Waals surface area (Å²) in [4.78, 5) is 11.9. The van der Waals surface area contributed by atoms with Crippen molar-refractivity contribution in [2.45, 2.75) is 33.7 Å². The van der Waals surface area contributed by atoms with E-state index in [2.05, 4.69) is 31.0 Å². The van der Waals surface area contributed by atoms with E-state index in [0.29, 0.717) is 6.54 Å². The molecule has 1 rings (SSSR count). The minimum Gasteiger partial charge on any atom is -0.476 e. The van der Waals surface area contributed by atoms with Crippen molar-refractivity contribution >= 4 is 5.97 Å². The van der Waals surface area contributed by atoms with Crippen molar-refractivity contribution in [2.75, 3.05) is 0 Å². The van der Waals surface area contributed by atoms with Crippen molar-refractivity contribution in [1.82, 2.24) is 15.0 Å². The van der Waals surface area contributed by atoms with Crippen LogP contribution in [-0.2, 0) is 6.54 Å². The summed E-state index contributed by atoms with van der Waals surface area (Å²) in [5.41, 5.74) is 0.204. The topological polar surface area (TPSA) is 68.0 Å². The Labute approximate surface area is 82.7 Å². The van der Waals surface area contributed by atoms with Crippen molar-refractivity contribution in [3.8, 4) is 0 Å². The van der Waals surface area contributed by atoms with Crippen LogP contribution in [-0.4, -0.2) is 26.1 Å². The summed E-state index contributed by atoms with van der Waals surface area (Å²) < 4.78 is 0. The second-order valence-electron chi connectivity index (χ2n) is 4.44. The van der Waals surface area contributed by atoms with Gasteiger partial charge in [0.25, 0.3) is 0 Å². The van der Waals surface area contributed by atoms with Crippen LogP contribution < -0.4 is 0 Å². The largest absolute Gasteiger partial charge is 0.476 e. The van der Waals surface area contributed by atoms with Gasteiger partial charge in [-0.2, -0.15) is 9.90 Å². The molecule has 5 nitrogen and oxygen atoms in total. The number of nitrogens with zero attached hydrogens (tertiary/aromatic N) is 3. The van der Waals surface area contributed by atoms with Crippen LogP contribution in [0.5, 0.6) is 0 Å². The highest BCUT2D eigenvalue weighted by Gasteiger charge is 2.12. The number of aryl methyl sites for hydroxylation is 1. The molecule has 1 heterocycles. The Balaban J connectivity index is 2.56. The number of aromatic nitrogens is 3. The van der Waals surface area contributed by atoms with Gasteiger partial charge in [0.15, 0.2) is 5.69 Å². The number of carbonyl (C=O) groups is 1. The van der Waals surface area contributed by atoms with Gasteiger partial charge in [-0.1, -0.05) is 20.8 Å². The van der Waals surface area contributed by atoms with Crippen LogP contribution in [0.2, 0.25) is 0 Å². The molecule has 0 radical (unpaired) electrons. The smallest absolute Gasteiger partial charge is 0.358 e. The van der Waals surface area contributed by atoms with Gasteiger partial charge in [0.1, 0.15) is 0 Å². The van der Waals surface area contributed by atoms with Crippen LogP contribution >= 0.6 is 0 Å². The predicted molar refractivity (Wildman–Crippen MR) is 51.1 cm³/mol. The zero-order valence-corrected chi connectivity index (χ0v) is 8.69. The number of rotatable bonds is 3. The number of hydrogen-bond donors (Lipinski definition) is 1. The fraction of sp³-hybridized carbons (Fsp3) is 0.667. The Morgan fingerprint density at radius 1 is 1.57 bits per heavy atom. The van der Waals surface area contributed by atoms with E-state index in [9.17, 15) is 4.79 Å². The Hall–Kier alpha value is -1.39. The number of aromatic carboxylic acids is 1. The molecule has 0 amide bonds. The van der Waals surface area contributed by atoms with E-state index < -0.39 is 5.97 Å². The number of carboxylic acids is 1. The van der Waals surface area contributed by atoms with E-state index in [0.717, 1.165) is 6.42 Å². The lowest BCUT2D eigenvalue weighted by Gasteiger charge is -2.16. The SMILES string of the molecule is CC(C)(C)CCn1ncc(C(=O)O)n1. The second kappa shape index (κ2) is 3.77. The maximum Gasteiger partial charge on any atom is 0.358 e. The summed E-state index contributed by atoms with van der Waals surface area (Å²) in [5, 5.41) is 16.3. The van der Waals surface area contributed by atoms with Gasteiger partial charge in [0.05, 0.1) is 12.7 Å². The molecule has 1 aromatic heterocycles. The summed E-state index contributed by atoms with van der Waals surface area (Å²) >= 11 is 0. The van der Waals surface area contributed by atoms with E-state index in [4.69, 9.17) is 5.11 Å². The van der Waals surface area contributed by atoms with Crippen LogP contribution in [0.25, 0.3) is 0 Å². The predicted octanol–water partition coefficient (Wildman–Crippen LogP) is 1.41. The van der Waals surface area contributed by atoms with Gasteiger partial charge in [-0.25, -0.2) is 4.79 Å². The Morgan fingerprint density at radius 3 is 2.64 bits per heavy atom. The first kappa shape index (κ1) is 10.7. The maximum atomic E-state index is 10.5. The van der Waals surface area contributed by atoms with Gasteiger partial charge in [-0.15, -0.1) is 5.10 Å². The Morgan fingerprint density at radius 2 is 2.21 bits per heavy atom. The van der Waals surface area contributed by atoms with Crippen molar-refractivity contribution in [1.29, 1.82) is 0 Å². The van der Waals surface area contributed by atoms with E-state index in [1.54, 1.807) is 0 Å². The molecule has 0 saturated heterocycles. The Kier molecular flexibility index (Phi) is 2.88. The normalized spacial score (nSPS) is 11.6. The first-order valence-corrected chi connectivity index (χ1v) is 4.52. The fourth-order valence-electron chi connectivity index (χ4n) is 0.938. The molecule has 1 N–H and O–H groups in total. The third kappa shape index (κ3) is 3.16. The molecule has 0 spiro atoms. The lowest BCUT2D eigenvalue weighted by atomic mass is 9.92. The lowest BCUT2D eigenvalue weighted by molar-refractivity contribution is 0.0689. The third-order valence-electron chi connectivity index (χ3n) is 1.82. The molecule has 5 heteroatoms. The summed E-state index contributed by atoms with van der Waals surface area (Å²) in [6.07, 6.45) is 2.19. The zero-order valence-electron chi connectivity index (χ0n) is 8.69. The summed E-state index contributed by atoms with van der Waals surface area (Å²) in [6.45, 7) is 7.01. The quantitative estimate of drug-likeness (QED) is 0.795. The molecule has 0 aliphatic heterocycles. The molecule has 0 unspecified atom stereocenters. The second-order valence-corrected chi connectivity index (χ2v) is 4.44. The van der Waals surface area contributed by atoms with Crippen molar-refractivity contribution < 1.29 is 9.90 Å². The summed E-state index contributed by atoms with van der Waals surface area (Å²) in [6, 6.07) is 0. The molecule has 78 valence electrons. The van der Waals surface area contributed by atoms with E-state index in [-0.39, 0.29) is 11.1 Å². The monoisotopic (exact) mass is 197 g/mol. The maximum absolute atomic E-state index is 10.5. The van der Waals surface area contributed by atoms with Crippen molar-refractivity contribution in [2.24, 2.45) is 5.41 Å². The summed E-state index contributed by atoms with van der Waals surface area (Å²) in [7, 11) is 0. The highest BCUT2D eigenvalue weighted by Crippen LogP contribution is 2.18. The molecule has 0 aliphatic rings. The van der Waals surface area contributed by atoms with Crippen LogP contribution in [0.15, 0.2) is 6.20 Å². The molecule has 0 atom stereocenters.